The van der Waals surface area contributed by atoms with Gasteiger partial charge in [-0.15, -0.1) is 0 Å². The first-order chi connectivity index (χ1) is 15.1. The van der Waals surface area contributed by atoms with Crippen LogP contribution in [-0.4, -0.2) is 28.3 Å². The van der Waals surface area contributed by atoms with Crippen LogP contribution in [0.25, 0.3) is 11.3 Å². The molecule has 2 atom stereocenters. The number of halogens is 1. The van der Waals surface area contributed by atoms with Crippen molar-refractivity contribution in [3.63, 3.8) is 0 Å². The van der Waals surface area contributed by atoms with Gasteiger partial charge >= 0.3 is 0 Å². The lowest BCUT2D eigenvalue weighted by atomic mass is 10.0. The van der Waals surface area contributed by atoms with E-state index in [0.717, 1.165) is 59.0 Å². The maximum absolute atomic E-state index is 10.7. The highest BCUT2D eigenvalue weighted by Gasteiger charge is 2.34. The van der Waals surface area contributed by atoms with Gasteiger partial charge in [0.2, 0.25) is 0 Å². The molecule has 2 aliphatic rings. The molecule has 160 valence electrons. The van der Waals surface area contributed by atoms with Crippen LogP contribution in [0, 0.1) is 0 Å². The number of nitrogens with one attached hydrogen (secondary N) is 1. The van der Waals surface area contributed by atoms with Crippen molar-refractivity contribution in [1.82, 2.24) is 9.97 Å². The van der Waals surface area contributed by atoms with E-state index in [4.69, 9.17) is 26.3 Å². The van der Waals surface area contributed by atoms with Crippen molar-refractivity contribution in [2.24, 2.45) is 0 Å². The summed E-state index contributed by atoms with van der Waals surface area (Å²) in [7, 11) is 1.63. The van der Waals surface area contributed by atoms with Crippen LogP contribution >= 0.6 is 11.6 Å². The molecule has 5 nitrogen and oxygen atoms in total. The van der Waals surface area contributed by atoms with E-state index in [2.05, 4.69) is 24.4 Å². The molecule has 0 saturated heterocycles. The highest BCUT2D eigenvalue weighted by molar-refractivity contribution is 6.33. The van der Waals surface area contributed by atoms with Crippen LogP contribution in [0.5, 0.6) is 5.75 Å². The van der Waals surface area contributed by atoms with Crippen molar-refractivity contribution in [1.29, 1.82) is 0 Å². The summed E-state index contributed by atoms with van der Waals surface area (Å²) in [6, 6.07) is 13.7. The third-order valence-corrected chi connectivity index (χ3v) is 6.53. The first kappa shape index (κ1) is 20.3. The van der Waals surface area contributed by atoms with Crippen molar-refractivity contribution >= 4 is 17.4 Å². The number of hydrogen-bond acceptors (Lipinski definition) is 5. The molecule has 3 aromatic rings. The van der Waals surface area contributed by atoms with Gasteiger partial charge in [-0.1, -0.05) is 42.8 Å². The quantitative estimate of drug-likeness (QED) is 0.548. The lowest BCUT2D eigenvalue weighted by molar-refractivity contribution is 0.165. The van der Waals surface area contributed by atoms with E-state index in [1.807, 2.05) is 30.3 Å². The summed E-state index contributed by atoms with van der Waals surface area (Å²) >= 11 is 6.59. The number of aromatic nitrogens is 2. The molecule has 1 saturated carbocycles. The Hall–Kier alpha value is -2.63. The summed E-state index contributed by atoms with van der Waals surface area (Å²) in [4.78, 5) is 10.1. The van der Waals surface area contributed by atoms with Gasteiger partial charge in [0.1, 0.15) is 11.6 Å². The van der Waals surface area contributed by atoms with Gasteiger partial charge in [-0.25, -0.2) is 9.97 Å². The molecular formula is C25H26ClN3O2. The van der Waals surface area contributed by atoms with Crippen molar-refractivity contribution in [2.75, 3.05) is 12.4 Å². The van der Waals surface area contributed by atoms with Crippen LogP contribution < -0.4 is 10.1 Å². The van der Waals surface area contributed by atoms with Crippen LogP contribution in [0.15, 0.2) is 42.5 Å². The predicted molar refractivity (Wildman–Crippen MR) is 123 cm³/mol. The zero-order chi connectivity index (χ0) is 21.5. The van der Waals surface area contributed by atoms with Gasteiger partial charge in [-0.05, 0) is 48.6 Å². The highest BCUT2D eigenvalue weighted by atomic mass is 35.5. The fraction of sp³-hybridized carbons (Fsp3) is 0.360. The summed E-state index contributed by atoms with van der Waals surface area (Å²) in [6.45, 7) is 2.07. The Kier molecular flexibility index (Phi) is 5.32. The summed E-state index contributed by atoms with van der Waals surface area (Å²) in [5, 5.41) is 14.8. The van der Waals surface area contributed by atoms with E-state index in [0.29, 0.717) is 17.4 Å². The fourth-order valence-corrected chi connectivity index (χ4v) is 4.65. The first-order valence-electron chi connectivity index (χ1n) is 10.9. The largest absolute Gasteiger partial charge is 0.497 e. The second-order valence-corrected chi connectivity index (χ2v) is 8.73. The third-order valence-electron chi connectivity index (χ3n) is 6.22. The number of ether oxygens (including phenoxy) is 1. The molecular weight excluding hydrogens is 410 g/mol. The van der Waals surface area contributed by atoms with E-state index in [9.17, 15) is 5.11 Å². The number of fused-ring (bicyclic) bond motifs is 1. The summed E-state index contributed by atoms with van der Waals surface area (Å²) in [6.07, 6.45) is 3.11. The molecule has 1 fully saturated rings. The zero-order valence-electron chi connectivity index (χ0n) is 17.7. The zero-order valence-corrected chi connectivity index (χ0v) is 18.5. The number of aliphatic hydroxyl groups excluding tert-OH is 1. The van der Waals surface area contributed by atoms with E-state index in [1.165, 1.54) is 5.56 Å². The van der Waals surface area contributed by atoms with Gasteiger partial charge in [-0.3, -0.25) is 0 Å². The van der Waals surface area contributed by atoms with Gasteiger partial charge in [0.25, 0.3) is 0 Å². The number of aryl methyl sites for hydroxylation is 1. The van der Waals surface area contributed by atoms with Crippen molar-refractivity contribution in [2.45, 2.75) is 50.7 Å². The molecule has 0 radical (unpaired) electrons. The molecule has 31 heavy (non-hydrogen) atoms. The molecule has 6 heteroatoms. The predicted octanol–water partition coefficient (Wildman–Crippen LogP) is 5.32. The SMILES string of the molecule is CCc1nc(-c2ccc(OC)cc2Cl)c(C2CC2)nc1N[C@@H]1c2ccccc2C[C@@H]1O. The second kappa shape index (κ2) is 8.13. The first-order valence-corrected chi connectivity index (χ1v) is 11.2. The second-order valence-electron chi connectivity index (χ2n) is 8.32. The topological polar surface area (TPSA) is 67.3 Å². The Bertz CT molecular complexity index is 1130. The Labute approximate surface area is 187 Å². The van der Waals surface area contributed by atoms with E-state index < -0.39 is 6.10 Å². The minimum atomic E-state index is -0.482. The number of benzene rings is 2. The van der Waals surface area contributed by atoms with Gasteiger partial charge in [0, 0.05) is 17.9 Å². The molecule has 1 aromatic heterocycles. The maximum Gasteiger partial charge on any atom is 0.148 e. The number of aliphatic hydroxyl groups is 1. The molecule has 0 unspecified atom stereocenters. The average molecular weight is 436 g/mol. The van der Waals surface area contributed by atoms with Gasteiger partial charge in [0.05, 0.1) is 41.4 Å². The Morgan fingerprint density at radius 1 is 1.16 bits per heavy atom. The van der Waals surface area contributed by atoms with Crippen LogP contribution in [0.2, 0.25) is 5.02 Å². The van der Waals surface area contributed by atoms with Crippen LogP contribution in [0.3, 0.4) is 0 Å². The lowest BCUT2D eigenvalue weighted by Gasteiger charge is -2.22. The van der Waals surface area contributed by atoms with Crippen molar-refractivity contribution in [3.8, 4) is 17.0 Å². The molecule has 2 aromatic carbocycles. The average Bonchev–Trinajstić information content (AvgIpc) is 3.58. The number of rotatable bonds is 6. The number of hydrogen-bond donors (Lipinski definition) is 2. The van der Waals surface area contributed by atoms with E-state index >= 15 is 0 Å². The highest BCUT2D eigenvalue weighted by Crippen LogP contribution is 2.45. The standard InChI is InChI=1S/C25H26ClN3O2/c1-3-20-25(29-23-17-7-5-4-6-15(17)12-21(23)30)28-22(14-8-9-14)24(27-20)18-11-10-16(31-2)13-19(18)26/h4-7,10-11,13-14,21,23,30H,3,8-9,12H2,1-2H3,(H,28,29)/t21-,23+/m0/s1. The summed E-state index contributed by atoms with van der Waals surface area (Å²) in [5.74, 6) is 1.88. The van der Waals surface area contributed by atoms with Gasteiger partial charge in [-0.2, -0.15) is 0 Å². The van der Waals surface area contributed by atoms with Crippen LogP contribution in [0.1, 0.15) is 54.2 Å². The van der Waals surface area contributed by atoms with Gasteiger partial charge in [0.15, 0.2) is 0 Å². The minimum Gasteiger partial charge on any atom is -0.497 e. The van der Waals surface area contributed by atoms with Gasteiger partial charge < -0.3 is 15.2 Å². The third kappa shape index (κ3) is 3.77. The molecule has 1 heterocycles. The summed E-state index contributed by atoms with van der Waals surface area (Å²) < 4.78 is 5.30. The monoisotopic (exact) mass is 435 g/mol. The molecule has 5 rings (SSSR count). The summed E-state index contributed by atoms with van der Waals surface area (Å²) in [5.41, 5.74) is 5.90. The smallest absolute Gasteiger partial charge is 0.148 e. The normalized spacial score (nSPS) is 19.9. The Morgan fingerprint density at radius 2 is 1.97 bits per heavy atom. The number of anilines is 1. The molecule has 0 aliphatic heterocycles. The molecule has 0 amide bonds. The molecule has 2 N–H and O–H groups in total. The molecule has 0 bridgehead atoms. The Balaban J connectivity index is 1.57. The van der Waals surface area contributed by atoms with E-state index in [1.54, 1.807) is 7.11 Å². The van der Waals surface area contributed by atoms with E-state index in [-0.39, 0.29) is 6.04 Å². The Morgan fingerprint density at radius 3 is 2.68 bits per heavy atom. The van der Waals surface area contributed by atoms with Crippen LogP contribution in [0.4, 0.5) is 5.82 Å². The molecule has 0 spiro atoms. The van der Waals surface area contributed by atoms with Crippen LogP contribution in [-0.2, 0) is 12.8 Å². The fourth-order valence-electron chi connectivity index (χ4n) is 4.39. The van der Waals surface area contributed by atoms with Crippen molar-refractivity contribution < 1.29 is 9.84 Å². The van der Waals surface area contributed by atoms with Crippen molar-refractivity contribution in [3.05, 3.63) is 70.0 Å². The lowest BCUT2D eigenvalue weighted by Crippen LogP contribution is -2.23. The minimum absolute atomic E-state index is 0.182. The maximum atomic E-state index is 10.7. The number of nitrogens with zero attached hydrogens (tertiary/aromatic N) is 2. The molecule has 2 aliphatic carbocycles. The number of methoxy groups -OCH3 is 1.